The molecule has 0 unspecified atom stereocenters. The smallest absolute Gasteiger partial charge is 0.227 e. The van der Waals surface area contributed by atoms with Gasteiger partial charge in [-0.15, -0.1) is 0 Å². The van der Waals surface area contributed by atoms with Crippen LogP contribution in [0.3, 0.4) is 0 Å². The van der Waals surface area contributed by atoms with Gasteiger partial charge in [0.2, 0.25) is 5.89 Å². The summed E-state index contributed by atoms with van der Waals surface area (Å²) in [6.45, 7) is 1.91. The standard InChI is InChI=1S/C17H16N2O2/c1-20-12-5-6-15-16(9-12)21-17(19-15)14-4-2-3-11-10-18-8-7-13(11)14/h2-6,9,18H,7-8,10H2,1H3. The van der Waals surface area contributed by atoms with E-state index in [4.69, 9.17) is 9.15 Å². The van der Waals surface area contributed by atoms with E-state index in [0.717, 1.165) is 41.9 Å². The minimum Gasteiger partial charge on any atom is -0.497 e. The van der Waals surface area contributed by atoms with Crippen molar-refractivity contribution in [3.8, 4) is 17.2 Å². The predicted molar refractivity (Wildman–Crippen MR) is 81.4 cm³/mol. The van der Waals surface area contributed by atoms with Gasteiger partial charge in [0.25, 0.3) is 0 Å². The zero-order valence-corrected chi connectivity index (χ0v) is 11.8. The Balaban J connectivity index is 1.86. The molecule has 0 spiro atoms. The van der Waals surface area contributed by atoms with E-state index in [1.807, 2.05) is 18.2 Å². The van der Waals surface area contributed by atoms with E-state index in [0.29, 0.717) is 5.89 Å². The van der Waals surface area contributed by atoms with Gasteiger partial charge in [0.15, 0.2) is 5.58 Å². The molecule has 0 atom stereocenters. The number of aromatic nitrogens is 1. The topological polar surface area (TPSA) is 47.3 Å². The van der Waals surface area contributed by atoms with Crippen LogP contribution in [0, 0.1) is 0 Å². The van der Waals surface area contributed by atoms with Gasteiger partial charge in [-0.2, -0.15) is 0 Å². The third-order valence-corrected chi connectivity index (χ3v) is 3.97. The Morgan fingerprint density at radius 3 is 3.10 bits per heavy atom. The van der Waals surface area contributed by atoms with Gasteiger partial charge in [0.05, 0.1) is 7.11 Å². The van der Waals surface area contributed by atoms with Crippen molar-refractivity contribution in [3.63, 3.8) is 0 Å². The van der Waals surface area contributed by atoms with Crippen LogP contribution in [0.2, 0.25) is 0 Å². The Morgan fingerprint density at radius 2 is 2.19 bits per heavy atom. The Bertz CT molecular complexity index is 808. The number of ether oxygens (including phenoxy) is 1. The van der Waals surface area contributed by atoms with Gasteiger partial charge >= 0.3 is 0 Å². The third kappa shape index (κ3) is 2.08. The van der Waals surface area contributed by atoms with E-state index in [-0.39, 0.29) is 0 Å². The second-order valence-corrected chi connectivity index (χ2v) is 5.22. The predicted octanol–water partition coefficient (Wildman–Crippen LogP) is 3.15. The Labute approximate surface area is 122 Å². The van der Waals surface area contributed by atoms with Gasteiger partial charge in [0, 0.05) is 18.2 Å². The van der Waals surface area contributed by atoms with Gasteiger partial charge in [-0.25, -0.2) is 4.98 Å². The van der Waals surface area contributed by atoms with Crippen LogP contribution in [-0.2, 0) is 13.0 Å². The second-order valence-electron chi connectivity index (χ2n) is 5.22. The molecule has 2 aromatic carbocycles. The van der Waals surface area contributed by atoms with Crippen molar-refractivity contribution in [2.45, 2.75) is 13.0 Å². The van der Waals surface area contributed by atoms with E-state index in [9.17, 15) is 0 Å². The molecule has 4 heteroatoms. The summed E-state index contributed by atoms with van der Waals surface area (Å²) >= 11 is 0. The highest BCUT2D eigenvalue weighted by Gasteiger charge is 2.17. The Hall–Kier alpha value is -2.33. The van der Waals surface area contributed by atoms with Gasteiger partial charge in [-0.1, -0.05) is 12.1 Å². The third-order valence-electron chi connectivity index (χ3n) is 3.97. The summed E-state index contributed by atoms with van der Waals surface area (Å²) < 4.78 is 11.2. The van der Waals surface area contributed by atoms with Crippen molar-refractivity contribution < 1.29 is 9.15 Å². The fraction of sp³-hybridized carbons (Fsp3) is 0.235. The molecule has 1 aliphatic heterocycles. The van der Waals surface area contributed by atoms with Gasteiger partial charge in [-0.3, -0.25) is 0 Å². The SMILES string of the molecule is COc1ccc2nc(-c3cccc4c3CCNC4)oc2c1. The number of hydrogen-bond donors (Lipinski definition) is 1. The molecule has 0 radical (unpaired) electrons. The molecule has 1 aromatic heterocycles. The lowest BCUT2D eigenvalue weighted by atomic mass is 9.95. The molecule has 1 aliphatic rings. The van der Waals surface area contributed by atoms with Crippen LogP contribution in [0.5, 0.6) is 5.75 Å². The highest BCUT2D eigenvalue weighted by Crippen LogP contribution is 2.31. The molecule has 21 heavy (non-hydrogen) atoms. The molecule has 0 saturated carbocycles. The lowest BCUT2D eigenvalue weighted by Crippen LogP contribution is -2.24. The van der Waals surface area contributed by atoms with Gasteiger partial charge < -0.3 is 14.5 Å². The minimum atomic E-state index is 0.692. The summed E-state index contributed by atoms with van der Waals surface area (Å²) in [6.07, 6.45) is 1.01. The summed E-state index contributed by atoms with van der Waals surface area (Å²) in [5.41, 5.74) is 5.39. The van der Waals surface area contributed by atoms with Crippen LogP contribution in [0.4, 0.5) is 0 Å². The summed E-state index contributed by atoms with van der Waals surface area (Å²) in [7, 11) is 1.65. The molecule has 0 fully saturated rings. The monoisotopic (exact) mass is 280 g/mol. The number of oxazole rings is 1. The number of nitrogens with zero attached hydrogens (tertiary/aromatic N) is 1. The number of nitrogens with one attached hydrogen (secondary N) is 1. The summed E-state index contributed by atoms with van der Waals surface area (Å²) in [6, 6.07) is 12.0. The molecule has 4 nitrogen and oxygen atoms in total. The molecule has 0 saturated heterocycles. The number of rotatable bonds is 2. The molecule has 0 bridgehead atoms. The highest BCUT2D eigenvalue weighted by atomic mass is 16.5. The molecular formula is C17H16N2O2. The molecule has 0 aliphatic carbocycles. The van der Waals surface area contributed by atoms with Crippen LogP contribution in [-0.4, -0.2) is 18.6 Å². The van der Waals surface area contributed by atoms with Crippen molar-refractivity contribution >= 4 is 11.1 Å². The maximum atomic E-state index is 5.95. The summed E-state index contributed by atoms with van der Waals surface area (Å²) in [5, 5.41) is 3.39. The van der Waals surface area contributed by atoms with Crippen LogP contribution in [0.25, 0.3) is 22.6 Å². The van der Waals surface area contributed by atoms with Crippen LogP contribution >= 0.6 is 0 Å². The molecule has 106 valence electrons. The Morgan fingerprint density at radius 1 is 1.24 bits per heavy atom. The van der Waals surface area contributed by atoms with Crippen molar-refractivity contribution in [2.75, 3.05) is 13.7 Å². The first-order chi connectivity index (χ1) is 10.3. The van der Waals surface area contributed by atoms with Crippen molar-refractivity contribution in [1.29, 1.82) is 0 Å². The first kappa shape index (κ1) is 12.4. The normalized spacial score (nSPS) is 14.1. The average Bonchev–Trinajstić information content (AvgIpc) is 2.97. The lowest BCUT2D eigenvalue weighted by molar-refractivity contribution is 0.414. The number of hydrogen-bond acceptors (Lipinski definition) is 4. The summed E-state index contributed by atoms with van der Waals surface area (Å²) in [5.74, 6) is 1.47. The fourth-order valence-corrected chi connectivity index (χ4v) is 2.88. The van der Waals surface area contributed by atoms with E-state index >= 15 is 0 Å². The van der Waals surface area contributed by atoms with E-state index in [1.165, 1.54) is 11.1 Å². The highest BCUT2D eigenvalue weighted by molar-refractivity contribution is 5.78. The minimum absolute atomic E-state index is 0.692. The zero-order chi connectivity index (χ0) is 14.2. The molecule has 4 rings (SSSR count). The fourth-order valence-electron chi connectivity index (χ4n) is 2.88. The number of fused-ring (bicyclic) bond motifs is 2. The van der Waals surface area contributed by atoms with Crippen molar-refractivity contribution in [2.24, 2.45) is 0 Å². The van der Waals surface area contributed by atoms with Crippen molar-refractivity contribution in [3.05, 3.63) is 47.5 Å². The molecule has 2 heterocycles. The van der Waals surface area contributed by atoms with Crippen molar-refractivity contribution in [1.82, 2.24) is 10.3 Å². The maximum Gasteiger partial charge on any atom is 0.227 e. The van der Waals surface area contributed by atoms with Gasteiger partial charge in [0.1, 0.15) is 11.3 Å². The lowest BCUT2D eigenvalue weighted by Gasteiger charge is -2.18. The molecule has 1 N–H and O–H groups in total. The number of benzene rings is 2. The first-order valence-corrected chi connectivity index (χ1v) is 7.11. The molecule has 3 aromatic rings. The molecule has 0 amide bonds. The largest absolute Gasteiger partial charge is 0.497 e. The average molecular weight is 280 g/mol. The molecular weight excluding hydrogens is 264 g/mol. The van der Waals surface area contributed by atoms with Crippen LogP contribution in [0.15, 0.2) is 40.8 Å². The van der Waals surface area contributed by atoms with E-state index in [2.05, 4.69) is 28.5 Å². The van der Waals surface area contributed by atoms with Crippen LogP contribution in [0.1, 0.15) is 11.1 Å². The first-order valence-electron chi connectivity index (χ1n) is 7.11. The van der Waals surface area contributed by atoms with E-state index < -0.39 is 0 Å². The van der Waals surface area contributed by atoms with E-state index in [1.54, 1.807) is 7.11 Å². The van der Waals surface area contributed by atoms with Gasteiger partial charge in [-0.05, 0) is 42.3 Å². The van der Waals surface area contributed by atoms with Crippen LogP contribution < -0.4 is 10.1 Å². The number of methoxy groups -OCH3 is 1. The zero-order valence-electron chi connectivity index (χ0n) is 11.8. The Kier molecular flexibility index (Phi) is 2.89. The maximum absolute atomic E-state index is 5.95. The summed E-state index contributed by atoms with van der Waals surface area (Å²) in [4.78, 5) is 4.62. The quantitative estimate of drug-likeness (QED) is 0.783. The second kappa shape index (κ2) is 4.90.